The number of nitrogens with zero attached hydrogens (tertiary/aromatic N) is 1. The summed E-state index contributed by atoms with van der Waals surface area (Å²) in [5, 5.41) is 4.94. The molecule has 3 fully saturated rings. The van der Waals surface area contributed by atoms with Gasteiger partial charge >= 0.3 is 6.09 Å². The largest absolute Gasteiger partial charge is 0.444 e. The molecule has 2 heterocycles. The molecule has 2 aliphatic heterocycles. The summed E-state index contributed by atoms with van der Waals surface area (Å²) in [6.07, 6.45) is 1.23. The van der Waals surface area contributed by atoms with Crippen molar-refractivity contribution in [1.29, 1.82) is 0 Å². The minimum atomic E-state index is -0.749. The third-order valence-corrected chi connectivity index (χ3v) is 6.07. The number of hydrogen-bond acceptors (Lipinski definition) is 5. The van der Waals surface area contributed by atoms with Crippen LogP contribution in [0.2, 0.25) is 0 Å². The maximum atomic E-state index is 11.7. The van der Waals surface area contributed by atoms with Gasteiger partial charge in [0.2, 0.25) is 18.2 Å². The van der Waals surface area contributed by atoms with E-state index in [1.165, 1.54) is 0 Å². The molecular formula is C24H46N4O5. The first kappa shape index (κ1) is 30.7. The van der Waals surface area contributed by atoms with Gasteiger partial charge in [-0.2, -0.15) is 0 Å². The van der Waals surface area contributed by atoms with Crippen LogP contribution in [-0.2, 0) is 19.1 Å². The van der Waals surface area contributed by atoms with Crippen LogP contribution in [0.3, 0.4) is 0 Å². The quantitative estimate of drug-likeness (QED) is 0.532. The zero-order valence-corrected chi connectivity index (χ0v) is 22.0. The number of rotatable bonds is 5. The van der Waals surface area contributed by atoms with Gasteiger partial charge in [0.15, 0.2) is 0 Å². The molecule has 0 aromatic heterocycles. The Morgan fingerprint density at radius 1 is 1.21 bits per heavy atom. The molecule has 4 N–H and O–H groups in total. The first-order chi connectivity index (χ1) is 15.4. The summed E-state index contributed by atoms with van der Waals surface area (Å²) in [6, 6.07) is -0.749. The van der Waals surface area contributed by atoms with Gasteiger partial charge in [-0.25, -0.2) is 4.79 Å². The molecule has 0 aromatic rings. The second-order valence-electron chi connectivity index (χ2n) is 9.67. The van der Waals surface area contributed by atoms with Crippen LogP contribution in [0.5, 0.6) is 0 Å². The van der Waals surface area contributed by atoms with Crippen molar-refractivity contribution in [3.63, 3.8) is 0 Å². The molecule has 192 valence electrons. The lowest BCUT2D eigenvalue weighted by atomic mass is 9.98. The van der Waals surface area contributed by atoms with Gasteiger partial charge in [0.1, 0.15) is 11.6 Å². The van der Waals surface area contributed by atoms with Gasteiger partial charge in [0, 0.05) is 25.6 Å². The zero-order chi connectivity index (χ0) is 26.0. The number of amides is 4. The van der Waals surface area contributed by atoms with Crippen LogP contribution in [-0.4, -0.2) is 60.5 Å². The fraction of sp³-hybridized carbons (Fsp3) is 0.833. The number of piperidine rings is 1. The van der Waals surface area contributed by atoms with E-state index in [0.717, 1.165) is 13.1 Å². The molecule has 9 nitrogen and oxygen atoms in total. The Labute approximate surface area is 199 Å². The van der Waals surface area contributed by atoms with Crippen LogP contribution < -0.4 is 16.4 Å². The molecule has 3 aliphatic rings. The van der Waals surface area contributed by atoms with Gasteiger partial charge in [0.05, 0.1) is 0 Å². The first-order valence-electron chi connectivity index (χ1n) is 12.1. The lowest BCUT2D eigenvalue weighted by Gasteiger charge is -2.26. The fourth-order valence-electron chi connectivity index (χ4n) is 4.11. The number of likely N-dealkylation sites (tertiary alicyclic amines) is 1. The van der Waals surface area contributed by atoms with E-state index in [4.69, 9.17) is 10.5 Å². The van der Waals surface area contributed by atoms with Gasteiger partial charge < -0.3 is 26.0 Å². The highest BCUT2D eigenvalue weighted by molar-refractivity contribution is 5.85. The van der Waals surface area contributed by atoms with Crippen molar-refractivity contribution in [2.45, 2.75) is 86.8 Å². The predicted octanol–water partition coefficient (Wildman–Crippen LogP) is 2.67. The number of ether oxygens (including phenoxy) is 1. The van der Waals surface area contributed by atoms with E-state index in [9.17, 15) is 19.2 Å². The van der Waals surface area contributed by atoms with Crippen LogP contribution in [0.25, 0.3) is 0 Å². The Morgan fingerprint density at radius 3 is 2.09 bits per heavy atom. The number of nitrogens with one attached hydrogen (secondary N) is 2. The summed E-state index contributed by atoms with van der Waals surface area (Å²) >= 11 is 0. The summed E-state index contributed by atoms with van der Waals surface area (Å²) in [6.45, 7) is 20.7. The molecule has 2 unspecified atom stereocenters. The minimum absolute atomic E-state index is 0.0797. The van der Waals surface area contributed by atoms with Gasteiger partial charge in [-0.3, -0.25) is 14.4 Å². The van der Waals surface area contributed by atoms with Gasteiger partial charge in [-0.1, -0.05) is 41.5 Å². The highest BCUT2D eigenvalue weighted by atomic mass is 16.6. The molecule has 0 spiro atoms. The Hall–Kier alpha value is -2.32. The predicted molar refractivity (Wildman–Crippen MR) is 129 cm³/mol. The topological polar surface area (TPSA) is 131 Å². The van der Waals surface area contributed by atoms with Crippen molar-refractivity contribution in [3.05, 3.63) is 0 Å². The number of nitrogens with two attached hydrogens (primary N) is 1. The molecule has 3 rings (SSSR count). The van der Waals surface area contributed by atoms with Crippen molar-refractivity contribution < 1.29 is 23.9 Å². The number of carbonyl (C=O) groups excluding carboxylic acids is 4. The molecule has 4 amide bonds. The smallest absolute Gasteiger partial charge is 0.410 e. The molecule has 0 aromatic carbocycles. The van der Waals surface area contributed by atoms with Crippen LogP contribution in [0.15, 0.2) is 0 Å². The van der Waals surface area contributed by atoms with E-state index in [0.29, 0.717) is 36.6 Å². The summed E-state index contributed by atoms with van der Waals surface area (Å²) in [5.74, 6) is 0.482. The van der Waals surface area contributed by atoms with Crippen molar-refractivity contribution in [2.75, 3.05) is 19.6 Å². The molecule has 1 aliphatic carbocycles. The van der Waals surface area contributed by atoms with E-state index in [1.807, 2.05) is 53.4 Å². The van der Waals surface area contributed by atoms with Crippen molar-refractivity contribution in [2.24, 2.45) is 28.9 Å². The zero-order valence-electron chi connectivity index (χ0n) is 22.0. The Kier molecular flexibility index (Phi) is 12.5. The van der Waals surface area contributed by atoms with Crippen LogP contribution in [0, 0.1) is 23.2 Å². The number of primary amides is 1. The lowest BCUT2D eigenvalue weighted by Crippen LogP contribution is -2.42. The maximum Gasteiger partial charge on any atom is 0.410 e. The third kappa shape index (κ3) is 9.21. The highest BCUT2D eigenvalue weighted by Gasteiger charge is 2.63. The molecule has 0 radical (unpaired) electrons. The third-order valence-electron chi connectivity index (χ3n) is 6.07. The number of fused-ring (bicyclic) bond motifs is 1. The van der Waals surface area contributed by atoms with Crippen molar-refractivity contribution in [1.82, 2.24) is 15.5 Å². The fourth-order valence-corrected chi connectivity index (χ4v) is 4.11. The second-order valence-corrected chi connectivity index (χ2v) is 9.67. The SMILES string of the molecule is CC.CC.CC(C)(C)OC(=O)N1CC2[C@@H](C1)C2(C)C.NC(=O)[C@H](CC1CCNC1=O)NC=O. The highest BCUT2D eigenvalue weighted by Crippen LogP contribution is 2.62. The monoisotopic (exact) mass is 470 g/mol. The van der Waals surface area contributed by atoms with Crippen LogP contribution >= 0.6 is 0 Å². The lowest BCUT2D eigenvalue weighted by molar-refractivity contribution is -0.125. The standard InChI is InChI=1S/C12H21NO2.C8H13N3O3.2C2H6/c1-11(2,3)15-10(14)13-6-8-9(7-13)12(8,4)5;9-7(13)6(11-4-12)3-5-1-2-10-8(5)14;2*1-2/h8-9H,6-7H2,1-5H3;4-6H,1-3H2,(H2,9,13)(H,10,14)(H,11,12);2*1-2H3/t8-,9?;5?,6-;;/m10../s1. The van der Waals surface area contributed by atoms with E-state index >= 15 is 0 Å². The maximum absolute atomic E-state index is 11.7. The van der Waals surface area contributed by atoms with Gasteiger partial charge in [-0.15, -0.1) is 0 Å². The average Bonchev–Trinajstić information content (AvgIpc) is 3.15. The summed E-state index contributed by atoms with van der Waals surface area (Å²) in [4.78, 5) is 45.8. The molecule has 2 saturated heterocycles. The van der Waals surface area contributed by atoms with Crippen LogP contribution in [0.1, 0.15) is 75.2 Å². The van der Waals surface area contributed by atoms with E-state index in [-0.39, 0.29) is 29.9 Å². The van der Waals surface area contributed by atoms with Crippen molar-refractivity contribution >= 4 is 24.3 Å². The molecule has 1 saturated carbocycles. The summed E-state index contributed by atoms with van der Waals surface area (Å²) in [7, 11) is 0. The first-order valence-corrected chi connectivity index (χ1v) is 12.1. The Balaban J connectivity index is 0.000000541. The molecule has 0 bridgehead atoms. The molecule has 4 atom stereocenters. The number of carbonyl (C=O) groups is 4. The Bertz CT molecular complexity index is 646. The molecule has 9 heteroatoms. The second kappa shape index (κ2) is 13.4. The van der Waals surface area contributed by atoms with E-state index in [2.05, 4.69) is 24.5 Å². The van der Waals surface area contributed by atoms with Gasteiger partial charge in [-0.05, 0) is 50.9 Å². The minimum Gasteiger partial charge on any atom is -0.444 e. The van der Waals surface area contributed by atoms with E-state index in [1.54, 1.807) is 0 Å². The number of hydrogen-bond donors (Lipinski definition) is 3. The normalized spacial score (nSPS) is 24.7. The summed E-state index contributed by atoms with van der Waals surface area (Å²) in [5.41, 5.74) is 5.14. The van der Waals surface area contributed by atoms with Crippen molar-refractivity contribution in [3.8, 4) is 0 Å². The average molecular weight is 471 g/mol. The van der Waals surface area contributed by atoms with Gasteiger partial charge in [0.25, 0.3) is 0 Å². The molecule has 33 heavy (non-hydrogen) atoms. The van der Waals surface area contributed by atoms with E-state index < -0.39 is 11.9 Å². The molecular weight excluding hydrogens is 424 g/mol. The van der Waals surface area contributed by atoms with Crippen LogP contribution in [0.4, 0.5) is 4.79 Å². The summed E-state index contributed by atoms with van der Waals surface area (Å²) < 4.78 is 5.35. The Morgan fingerprint density at radius 2 is 1.73 bits per heavy atom.